The van der Waals surface area contributed by atoms with Gasteiger partial charge >= 0.3 is 11.7 Å². The molecule has 0 amide bonds. The van der Waals surface area contributed by atoms with Crippen molar-refractivity contribution in [2.24, 2.45) is 0 Å². The highest BCUT2D eigenvalue weighted by atomic mass is 16.6. The van der Waals surface area contributed by atoms with Crippen LogP contribution < -0.4 is 0 Å². The minimum Gasteiger partial charge on any atom is -0.461 e. The van der Waals surface area contributed by atoms with Crippen LogP contribution in [-0.2, 0) is 4.74 Å². The molecule has 0 N–H and O–H groups in total. The van der Waals surface area contributed by atoms with Crippen molar-refractivity contribution in [3.63, 3.8) is 0 Å². The normalized spacial score (nSPS) is 9.90. The summed E-state index contributed by atoms with van der Waals surface area (Å²) in [5.41, 5.74) is -1.04. The van der Waals surface area contributed by atoms with Gasteiger partial charge in [0.15, 0.2) is 0 Å². The van der Waals surface area contributed by atoms with Gasteiger partial charge in [0.25, 0.3) is 0 Å². The van der Waals surface area contributed by atoms with Crippen molar-refractivity contribution in [1.82, 2.24) is 9.78 Å². The number of nitrogens with zero attached hydrogens (tertiary/aromatic N) is 4. The molecule has 21 heavy (non-hydrogen) atoms. The number of nitro groups is 1. The maximum Gasteiger partial charge on any atom is 0.364 e. The zero-order valence-corrected chi connectivity index (χ0v) is 11.0. The molecular formula is C13H10N4O4. The third kappa shape index (κ3) is 2.57. The Labute approximate surface area is 119 Å². The lowest BCUT2D eigenvalue weighted by molar-refractivity contribution is -0.385. The first kappa shape index (κ1) is 14.2. The quantitative estimate of drug-likeness (QED) is 0.481. The Morgan fingerprint density at radius 3 is 2.67 bits per heavy atom. The van der Waals surface area contributed by atoms with Crippen LogP contribution in [0.25, 0.3) is 5.69 Å². The van der Waals surface area contributed by atoms with Crippen LogP contribution in [0.4, 0.5) is 5.69 Å². The molecule has 0 atom stereocenters. The van der Waals surface area contributed by atoms with Crippen LogP contribution in [-0.4, -0.2) is 27.3 Å². The van der Waals surface area contributed by atoms with E-state index in [-0.39, 0.29) is 12.3 Å². The molecule has 0 aliphatic heterocycles. The summed E-state index contributed by atoms with van der Waals surface area (Å²) in [6, 6.07) is 9.96. The topological polar surface area (TPSA) is 111 Å². The first-order valence-electron chi connectivity index (χ1n) is 6.00. The highest BCUT2D eigenvalue weighted by molar-refractivity contribution is 5.93. The fourth-order valence-electron chi connectivity index (χ4n) is 1.80. The van der Waals surface area contributed by atoms with E-state index in [0.29, 0.717) is 5.69 Å². The second-order valence-electron chi connectivity index (χ2n) is 3.88. The summed E-state index contributed by atoms with van der Waals surface area (Å²) >= 11 is 0. The molecule has 8 nitrogen and oxygen atoms in total. The molecule has 0 saturated carbocycles. The first-order valence-corrected chi connectivity index (χ1v) is 6.00. The van der Waals surface area contributed by atoms with Crippen LogP contribution in [0, 0.1) is 21.4 Å². The van der Waals surface area contributed by atoms with Gasteiger partial charge in [0.2, 0.25) is 11.4 Å². The largest absolute Gasteiger partial charge is 0.461 e. The summed E-state index contributed by atoms with van der Waals surface area (Å²) in [5, 5.41) is 24.0. The number of hydrogen-bond acceptors (Lipinski definition) is 6. The van der Waals surface area contributed by atoms with E-state index in [1.807, 2.05) is 0 Å². The van der Waals surface area contributed by atoms with Crippen molar-refractivity contribution in [2.45, 2.75) is 6.92 Å². The van der Waals surface area contributed by atoms with Crippen molar-refractivity contribution in [3.05, 3.63) is 51.8 Å². The molecule has 0 aliphatic rings. The molecule has 0 fully saturated rings. The van der Waals surface area contributed by atoms with E-state index in [9.17, 15) is 14.9 Å². The number of carbonyl (C=O) groups excluding carboxylic acids is 1. The van der Waals surface area contributed by atoms with Crippen LogP contribution >= 0.6 is 0 Å². The Kier molecular flexibility index (Phi) is 3.95. The van der Waals surface area contributed by atoms with Gasteiger partial charge in [-0.3, -0.25) is 10.1 Å². The number of ether oxygens (including phenoxy) is 1. The molecule has 2 rings (SSSR count). The second-order valence-corrected chi connectivity index (χ2v) is 3.88. The summed E-state index contributed by atoms with van der Waals surface area (Å²) < 4.78 is 5.88. The zero-order valence-electron chi connectivity index (χ0n) is 11.0. The number of hydrogen-bond donors (Lipinski definition) is 0. The number of para-hydroxylation sites is 1. The minimum atomic E-state index is -0.901. The van der Waals surface area contributed by atoms with Gasteiger partial charge in [-0.25, -0.2) is 9.48 Å². The Bertz CT molecular complexity index is 731. The van der Waals surface area contributed by atoms with Crippen molar-refractivity contribution in [1.29, 1.82) is 5.26 Å². The van der Waals surface area contributed by atoms with E-state index in [2.05, 4.69) is 5.10 Å². The molecule has 106 valence electrons. The first-order chi connectivity index (χ1) is 10.1. The Morgan fingerprint density at radius 1 is 1.48 bits per heavy atom. The summed E-state index contributed by atoms with van der Waals surface area (Å²) in [6.45, 7) is 1.63. The lowest BCUT2D eigenvalue weighted by Crippen LogP contribution is -2.13. The monoisotopic (exact) mass is 286 g/mol. The highest BCUT2D eigenvalue weighted by Gasteiger charge is 2.34. The summed E-state index contributed by atoms with van der Waals surface area (Å²) in [7, 11) is 0. The lowest BCUT2D eigenvalue weighted by atomic mass is 10.2. The lowest BCUT2D eigenvalue weighted by Gasteiger charge is -2.05. The fraction of sp³-hybridized carbons (Fsp3) is 0.154. The van der Waals surface area contributed by atoms with Gasteiger partial charge in [-0.2, -0.15) is 5.26 Å². The molecule has 0 unspecified atom stereocenters. The maximum atomic E-state index is 12.0. The van der Waals surface area contributed by atoms with Crippen LogP contribution in [0.1, 0.15) is 23.1 Å². The maximum absolute atomic E-state index is 12.0. The minimum absolute atomic E-state index is 0.0534. The SMILES string of the molecule is CCOC(=O)c1c([N+](=O)[O-])c(C#N)nn1-c1ccccc1. The summed E-state index contributed by atoms with van der Waals surface area (Å²) in [5.74, 6) is -0.901. The predicted octanol–water partition coefficient (Wildman–Crippen LogP) is 1.83. The zero-order chi connectivity index (χ0) is 15.4. The van der Waals surface area contributed by atoms with Gasteiger partial charge in [-0.05, 0) is 19.1 Å². The van der Waals surface area contributed by atoms with Crippen LogP contribution in [0.2, 0.25) is 0 Å². The number of aromatic nitrogens is 2. The van der Waals surface area contributed by atoms with E-state index in [4.69, 9.17) is 10.00 Å². The average molecular weight is 286 g/mol. The standard InChI is InChI=1S/C13H10N4O4/c1-2-21-13(18)12-11(17(19)20)10(8-14)15-16(12)9-6-4-3-5-7-9/h3-7H,2H2,1H3. The molecule has 0 bridgehead atoms. The molecule has 2 aromatic rings. The number of benzene rings is 1. The summed E-state index contributed by atoms with van der Waals surface area (Å²) in [6.07, 6.45) is 0. The predicted molar refractivity (Wildman–Crippen MR) is 70.9 cm³/mol. The van der Waals surface area contributed by atoms with Crippen LogP contribution in [0.15, 0.2) is 30.3 Å². The highest BCUT2D eigenvalue weighted by Crippen LogP contribution is 2.26. The smallest absolute Gasteiger partial charge is 0.364 e. The molecular weight excluding hydrogens is 276 g/mol. The molecule has 1 aromatic heterocycles. The molecule has 0 saturated heterocycles. The van der Waals surface area contributed by atoms with E-state index in [1.54, 1.807) is 43.3 Å². The number of rotatable bonds is 4. The Balaban J connectivity index is 2.73. The van der Waals surface area contributed by atoms with E-state index in [0.717, 1.165) is 4.68 Å². The Morgan fingerprint density at radius 2 is 2.14 bits per heavy atom. The fourth-order valence-corrected chi connectivity index (χ4v) is 1.80. The number of nitriles is 1. The molecule has 0 radical (unpaired) electrons. The van der Waals surface area contributed by atoms with Gasteiger partial charge in [-0.1, -0.05) is 18.2 Å². The van der Waals surface area contributed by atoms with Gasteiger partial charge in [0.1, 0.15) is 6.07 Å². The third-order valence-electron chi connectivity index (χ3n) is 2.62. The van der Waals surface area contributed by atoms with Gasteiger partial charge < -0.3 is 4.74 Å². The van der Waals surface area contributed by atoms with Crippen LogP contribution in [0.3, 0.4) is 0 Å². The Hall–Kier alpha value is -3.21. The van der Waals surface area contributed by atoms with Gasteiger partial charge in [0, 0.05) is 0 Å². The van der Waals surface area contributed by atoms with E-state index >= 15 is 0 Å². The van der Waals surface area contributed by atoms with Crippen molar-refractivity contribution < 1.29 is 14.5 Å². The van der Waals surface area contributed by atoms with Crippen molar-refractivity contribution in [2.75, 3.05) is 6.61 Å². The second kappa shape index (κ2) is 5.83. The van der Waals surface area contributed by atoms with Crippen molar-refractivity contribution in [3.8, 4) is 11.8 Å². The molecule has 1 aromatic carbocycles. The van der Waals surface area contributed by atoms with Crippen molar-refractivity contribution >= 4 is 11.7 Å². The average Bonchev–Trinajstić information content (AvgIpc) is 2.88. The molecule has 8 heteroatoms. The molecule has 1 heterocycles. The van der Waals surface area contributed by atoms with E-state index in [1.165, 1.54) is 0 Å². The third-order valence-corrected chi connectivity index (χ3v) is 2.62. The van der Waals surface area contributed by atoms with Crippen LogP contribution in [0.5, 0.6) is 0 Å². The molecule has 0 aliphatic carbocycles. The number of esters is 1. The molecule has 0 spiro atoms. The van der Waals surface area contributed by atoms with Gasteiger partial charge in [0.05, 0.1) is 17.2 Å². The summed E-state index contributed by atoms with van der Waals surface area (Å²) in [4.78, 5) is 22.3. The number of carbonyl (C=O) groups is 1. The van der Waals surface area contributed by atoms with Gasteiger partial charge in [-0.15, -0.1) is 5.10 Å². The van der Waals surface area contributed by atoms with E-state index < -0.39 is 22.3 Å².